The van der Waals surface area contributed by atoms with E-state index < -0.39 is 34.5 Å². The van der Waals surface area contributed by atoms with Gasteiger partial charge in [-0.15, -0.1) is 0 Å². The number of halogens is 5. The molecule has 2 fully saturated rings. The maximum atomic E-state index is 15.4. The van der Waals surface area contributed by atoms with Gasteiger partial charge in [-0.1, -0.05) is 58.4 Å². The number of ether oxygens (including phenoxy) is 2. The van der Waals surface area contributed by atoms with Crippen molar-refractivity contribution < 1.29 is 31.4 Å². The van der Waals surface area contributed by atoms with Gasteiger partial charge in [0.1, 0.15) is 11.3 Å². The fourth-order valence-electron chi connectivity index (χ4n) is 6.77. The Morgan fingerprint density at radius 2 is 1.58 bits per heavy atom. The van der Waals surface area contributed by atoms with Crippen LogP contribution >= 0.6 is 0 Å². The molecule has 2 saturated carbocycles. The van der Waals surface area contributed by atoms with Crippen LogP contribution in [0.3, 0.4) is 0 Å². The van der Waals surface area contributed by atoms with E-state index in [1.165, 1.54) is 43.9 Å². The zero-order chi connectivity index (χ0) is 27.3. The van der Waals surface area contributed by atoms with Crippen LogP contribution in [0.1, 0.15) is 103 Å². The highest BCUT2D eigenvalue weighted by molar-refractivity contribution is 5.90. The molecule has 0 heterocycles. The van der Waals surface area contributed by atoms with E-state index in [0.29, 0.717) is 18.3 Å². The molecule has 0 bridgehead atoms. The molecule has 0 spiro atoms. The van der Waals surface area contributed by atoms with Gasteiger partial charge >= 0.3 is 6.18 Å². The van der Waals surface area contributed by atoms with E-state index >= 15 is 8.78 Å². The Morgan fingerprint density at radius 3 is 2.21 bits per heavy atom. The summed E-state index contributed by atoms with van der Waals surface area (Å²) in [6.45, 7) is 4.43. The third-order valence-electron chi connectivity index (χ3n) is 8.94. The molecule has 7 heteroatoms. The second kappa shape index (κ2) is 12.4. The first kappa shape index (κ1) is 28.9. The highest BCUT2D eigenvalue weighted by Gasteiger charge is 2.43. The molecule has 2 nitrogen and oxygen atoms in total. The zero-order valence-corrected chi connectivity index (χ0v) is 22.7. The van der Waals surface area contributed by atoms with Crippen molar-refractivity contribution in [3.05, 3.63) is 35.4 Å². The minimum absolute atomic E-state index is 0.0487. The highest BCUT2D eigenvalue weighted by atomic mass is 19.4. The lowest BCUT2D eigenvalue weighted by Gasteiger charge is -2.47. The van der Waals surface area contributed by atoms with E-state index in [4.69, 9.17) is 9.47 Å². The van der Waals surface area contributed by atoms with E-state index in [9.17, 15) is 13.2 Å². The van der Waals surface area contributed by atoms with E-state index in [-0.39, 0.29) is 29.8 Å². The van der Waals surface area contributed by atoms with Crippen molar-refractivity contribution in [3.8, 4) is 11.5 Å². The molecule has 0 aliphatic heterocycles. The maximum absolute atomic E-state index is 15.4. The van der Waals surface area contributed by atoms with Crippen LogP contribution in [0.25, 0.3) is 10.8 Å². The smallest absolute Gasteiger partial charge is 0.420 e. The largest absolute Gasteiger partial charge is 0.493 e. The fourth-order valence-corrected chi connectivity index (χ4v) is 6.77. The molecule has 38 heavy (non-hydrogen) atoms. The van der Waals surface area contributed by atoms with Gasteiger partial charge in [-0.3, -0.25) is 0 Å². The summed E-state index contributed by atoms with van der Waals surface area (Å²) in [6, 6.07) is 3.77. The van der Waals surface area contributed by atoms with Crippen LogP contribution in [0.2, 0.25) is 0 Å². The van der Waals surface area contributed by atoms with Crippen LogP contribution in [0.15, 0.2) is 18.2 Å². The van der Waals surface area contributed by atoms with E-state index in [2.05, 4.69) is 6.92 Å². The first-order chi connectivity index (χ1) is 18.2. The Labute approximate surface area is 223 Å². The molecular weight excluding hydrogens is 499 g/mol. The Bertz CT molecular complexity index is 1070. The average Bonchev–Trinajstić information content (AvgIpc) is 2.91. The number of fused-ring (bicyclic) bond motifs is 1. The van der Waals surface area contributed by atoms with Crippen LogP contribution in [0, 0.1) is 28.9 Å². The van der Waals surface area contributed by atoms with Crippen LogP contribution in [0.4, 0.5) is 22.0 Å². The lowest BCUT2D eigenvalue weighted by atomic mass is 9.60. The number of benzene rings is 2. The monoisotopic (exact) mass is 540 g/mol. The third-order valence-corrected chi connectivity index (χ3v) is 8.94. The molecule has 2 aliphatic carbocycles. The summed E-state index contributed by atoms with van der Waals surface area (Å²) in [7, 11) is 0. The predicted octanol–water partition coefficient (Wildman–Crippen LogP) is 10.3. The Morgan fingerprint density at radius 1 is 0.868 bits per heavy atom. The molecule has 0 N–H and O–H groups in total. The topological polar surface area (TPSA) is 18.5 Å². The van der Waals surface area contributed by atoms with Crippen molar-refractivity contribution in [2.24, 2.45) is 17.3 Å². The second-order valence-corrected chi connectivity index (χ2v) is 11.5. The lowest BCUT2D eigenvalue weighted by Crippen LogP contribution is -2.41. The minimum atomic E-state index is -4.90. The highest BCUT2D eigenvalue weighted by Crippen LogP contribution is 2.51. The Kier molecular flexibility index (Phi) is 9.46. The van der Waals surface area contributed by atoms with Gasteiger partial charge in [0.05, 0.1) is 13.2 Å². The molecule has 0 atom stereocenters. The van der Waals surface area contributed by atoms with Crippen LogP contribution < -0.4 is 9.47 Å². The summed E-state index contributed by atoms with van der Waals surface area (Å²) >= 11 is 0. The zero-order valence-electron chi connectivity index (χ0n) is 22.7. The Balaban J connectivity index is 1.64. The lowest BCUT2D eigenvalue weighted by molar-refractivity contribution is -0.137. The van der Waals surface area contributed by atoms with Crippen LogP contribution in [0.5, 0.6) is 11.5 Å². The summed E-state index contributed by atoms with van der Waals surface area (Å²) in [5.74, 6) is -2.52. The van der Waals surface area contributed by atoms with Crippen molar-refractivity contribution in [2.45, 2.75) is 103 Å². The van der Waals surface area contributed by atoms with Gasteiger partial charge in [0.2, 0.25) is 5.82 Å². The molecule has 2 aromatic rings. The predicted molar refractivity (Wildman–Crippen MR) is 141 cm³/mol. The van der Waals surface area contributed by atoms with Gasteiger partial charge in [0, 0.05) is 10.8 Å². The average molecular weight is 541 g/mol. The summed E-state index contributed by atoms with van der Waals surface area (Å²) in [4.78, 5) is 0. The molecule has 0 amide bonds. The third kappa shape index (κ3) is 6.22. The molecule has 2 aliphatic rings. The van der Waals surface area contributed by atoms with Crippen molar-refractivity contribution in [3.63, 3.8) is 0 Å². The first-order valence-electron chi connectivity index (χ1n) is 14.5. The summed E-state index contributed by atoms with van der Waals surface area (Å²) in [5, 5.41) is -0.856. The molecular formula is C31H41F5O2. The number of hydrogen-bond acceptors (Lipinski definition) is 2. The standard InChI is InChI=1S/C31H41F5O2/c1-3-5-18-37-24-13-12-22-19-25(28(32)29(33)26(22)27(24)31(34,35)36)38-20-30(23-10-7-6-8-11-23)16-14-21(9-4-2)15-17-30/h12-13,19,21,23H,3-11,14-18,20H2,1-2H3/t21-,30+. The van der Waals surface area contributed by atoms with Gasteiger partial charge < -0.3 is 9.47 Å². The molecule has 0 aromatic heterocycles. The fraction of sp³-hybridized carbons (Fsp3) is 0.677. The van der Waals surface area contributed by atoms with E-state index in [1.807, 2.05) is 6.92 Å². The van der Waals surface area contributed by atoms with E-state index in [1.54, 1.807) is 0 Å². The number of hydrogen-bond donors (Lipinski definition) is 0. The van der Waals surface area contributed by atoms with Crippen molar-refractivity contribution in [2.75, 3.05) is 13.2 Å². The quantitative estimate of drug-likeness (QED) is 0.220. The summed E-state index contributed by atoms with van der Waals surface area (Å²) in [5.41, 5.74) is -1.38. The van der Waals surface area contributed by atoms with Crippen LogP contribution in [-0.4, -0.2) is 13.2 Å². The molecule has 0 unspecified atom stereocenters. The van der Waals surface area contributed by atoms with Crippen LogP contribution in [-0.2, 0) is 6.18 Å². The molecule has 4 rings (SSSR count). The second-order valence-electron chi connectivity index (χ2n) is 11.5. The first-order valence-corrected chi connectivity index (χ1v) is 14.5. The van der Waals surface area contributed by atoms with Gasteiger partial charge in [0.15, 0.2) is 11.6 Å². The van der Waals surface area contributed by atoms with Gasteiger partial charge in [-0.25, -0.2) is 4.39 Å². The van der Waals surface area contributed by atoms with Gasteiger partial charge in [0.25, 0.3) is 0 Å². The molecule has 0 radical (unpaired) electrons. The normalized spacial score (nSPS) is 23.1. The number of rotatable bonds is 10. The Hall–Kier alpha value is -2.05. The van der Waals surface area contributed by atoms with Gasteiger partial charge in [-0.2, -0.15) is 17.6 Å². The van der Waals surface area contributed by atoms with Crippen molar-refractivity contribution in [1.82, 2.24) is 0 Å². The maximum Gasteiger partial charge on any atom is 0.420 e. The van der Waals surface area contributed by atoms with Gasteiger partial charge in [-0.05, 0) is 74.3 Å². The molecule has 0 saturated heterocycles. The van der Waals surface area contributed by atoms with E-state index in [0.717, 1.165) is 51.4 Å². The summed E-state index contributed by atoms with van der Waals surface area (Å²) < 4.78 is 84.1. The minimum Gasteiger partial charge on any atom is -0.493 e. The number of unbranched alkanes of at least 4 members (excludes halogenated alkanes) is 1. The summed E-state index contributed by atoms with van der Waals surface area (Å²) in [6.07, 6.45) is 8.77. The molecule has 212 valence electrons. The van der Waals surface area contributed by atoms with Crippen molar-refractivity contribution in [1.29, 1.82) is 0 Å². The SMILES string of the molecule is CCCCOc1ccc2cc(OC[C@]3(C4CCCCC4)CC[C@@H](CCC)CC3)c(F)c(F)c2c1C(F)(F)F. The van der Waals surface area contributed by atoms with Crippen molar-refractivity contribution >= 4 is 10.8 Å². The molecule has 2 aromatic carbocycles. The number of alkyl halides is 3.